The van der Waals surface area contributed by atoms with Crippen molar-refractivity contribution in [3.05, 3.63) is 29.8 Å². The van der Waals surface area contributed by atoms with Crippen molar-refractivity contribution in [2.45, 2.75) is 13.0 Å². The van der Waals surface area contributed by atoms with Crippen LogP contribution in [-0.4, -0.2) is 21.1 Å². The Bertz CT molecular complexity index is 266. The molecule has 0 saturated heterocycles. The second-order valence-corrected chi connectivity index (χ2v) is 3.60. The molecule has 0 aromatic heterocycles. The maximum Gasteiger partial charge on any atom is 0.0434 e. The summed E-state index contributed by atoms with van der Waals surface area (Å²) in [5, 5.41) is 0. The molecule has 0 radical (unpaired) electrons. The molecule has 78 valence electrons. The zero-order valence-electron chi connectivity index (χ0n) is 9.33. The van der Waals surface area contributed by atoms with Crippen LogP contribution < -0.4 is 15.8 Å². The summed E-state index contributed by atoms with van der Waals surface area (Å²) in [6, 6.07) is 8.87. The number of hydrazine groups is 1. The molecule has 0 unspecified atom stereocenters. The van der Waals surface area contributed by atoms with Gasteiger partial charge in [0.1, 0.15) is 0 Å². The molecule has 0 aliphatic heterocycles. The Morgan fingerprint density at radius 1 is 1.14 bits per heavy atom. The van der Waals surface area contributed by atoms with Gasteiger partial charge in [-0.05, 0) is 31.7 Å². The van der Waals surface area contributed by atoms with Gasteiger partial charge in [0, 0.05) is 25.8 Å². The van der Waals surface area contributed by atoms with E-state index in [9.17, 15) is 0 Å². The summed E-state index contributed by atoms with van der Waals surface area (Å²) in [6.07, 6.45) is 0. The number of benzene rings is 1. The first-order valence-electron chi connectivity index (χ1n) is 4.84. The topological polar surface area (TPSA) is 27.3 Å². The predicted molar refractivity (Wildman–Crippen MR) is 61.4 cm³/mol. The van der Waals surface area contributed by atoms with Crippen molar-refractivity contribution in [2.75, 3.05) is 26.0 Å². The van der Waals surface area contributed by atoms with Gasteiger partial charge in [-0.2, -0.15) is 0 Å². The molecule has 0 heterocycles. The second-order valence-electron chi connectivity index (χ2n) is 3.60. The lowest BCUT2D eigenvalue weighted by Crippen LogP contribution is -2.30. The van der Waals surface area contributed by atoms with Crippen molar-refractivity contribution in [3.8, 4) is 0 Å². The normalized spacial score (nSPS) is 12.6. The molecule has 0 fully saturated rings. The Labute approximate surface area is 86.1 Å². The van der Waals surface area contributed by atoms with Crippen LogP contribution in [0.15, 0.2) is 24.3 Å². The van der Waals surface area contributed by atoms with Crippen LogP contribution in [0, 0.1) is 0 Å². The first-order valence-corrected chi connectivity index (χ1v) is 4.84. The van der Waals surface area contributed by atoms with Crippen molar-refractivity contribution in [1.29, 1.82) is 0 Å². The summed E-state index contributed by atoms with van der Waals surface area (Å²) in [6.45, 7) is 2.13. The molecule has 0 spiro atoms. The lowest BCUT2D eigenvalue weighted by molar-refractivity contribution is 0.505. The second kappa shape index (κ2) is 4.98. The maximum absolute atomic E-state index is 3.15. The minimum atomic E-state index is 0.330. The molecule has 3 heteroatoms. The van der Waals surface area contributed by atoms with Crippen molar-refractivity contribution < 1.29 is 0 Å². The zero-order valence-corrected chi connectivity index (χ0v) is 9.33. The number of hydrogen-bond acceptors (Lipinski definition) is 3. The molecule has 2 N–H and O–H groups in total. The summed E-state index contributed by atoms with van der Waals surface area (Å²) in [5.41, 5.74) is 8.60. The van der Waals surface area contributed by atoms with Crippen molar-refractivity contribution in [2.24, 2.45) is 0 Å². The Hall–Kier alpha value is -1.06. The largest absolute Gasteiger partial charge is 0.378 e. The minimum Gasteiger partial charge on any atom is -0.378 e. The molecule has 1 aromatic rings. The van der Waals surface area contributed by atoms with Gasteiger partial charge in [0.05, 0.1) is 0 Å². The smallest absolute Gasteiger partial charge is 0.0434 e. The molecule has 3 nitrogen and oxygen atoms in total. The van der Waals surface area contributed by atoms with E-state index in [-0.39, 0.29) is 0 Å². The van der Waals surface area contributed by atoms with Gasteiger partial charge >= 0.3 is 0 Å². The van der Waals surface area contributed by atoms with Gasteiger partial charge in [-0.25, -0.2) is 0 Å². The summed E-state index contributed by atoms with van der Waals surface area (Å²) < 4.78 is 0. The van der Waals surface area contributed by atoms with Crippen LogP contribution in [0.25, 0.3) is 0 Å². The highest BCUT2D eigenvalue weighted by atomic mass is 15.3. The number of hydrogen-bond donors (Lipinski definition) is 2. The molecule has 14 heavy (non-hydrogen) atoms. The highest BCUT2D eigenvalue weighted by Crippen LogP contribution is 2.16. The summed E-state index contributed by atoms with van der Waals surface area (Å²) in [4.78, 5) is 2.10. The van der Waals surface area contributed by atoms with Gasteiger partial charge in [-0.1, -0.05) is 12.1 Å². The van der Waals surface area contributed by atoms with Crippen molar-refractivity contribution >= 4 is 5.69 Å². The Morgan fingerprint density at radius 3 is 2.14 bits per heavy atom. The maximum atomic E-state index is 3.15. The number of nitrogens with one attached hydrogen (secondary N) is 2. The monoisotopic (exact) mass is 193 g/mol. The summed E-state index contributed by atoms with van der Waals surface area (Å²) in [7, 11) is 5.97. The lowest BCUT2D eigenvalue weighted by Gasteiger charge is -2.16. The third kappa shape index (κ3) is 2.72. The van der Waals surface area contributed by atoms with E-state index >= 15 is 0 Å². The van der Waals surface area contributed by atoms with E-state index in [1.54, 1.807) is 0 Å². The fourth-order valence-electron chi connectivity index (χ4n) is 1.36. The molecular formula is C11H19N3. The highest BCUT2D eigenvalue weighted by Gasteiger charge is 2.03. The van der Waals surface area contributed by atoms with E-state index in [1.807, 2.05) is 21.1 Å². The van der Waals surface area contributed by atoms with E-state index in [1.165, 1.54) is 11.3 Å². The van der Waals surface area contributed by atoms with Crippen molar-refractivity contribution in [1.82, 2.24) is 10.9 Å². The van der Waals surface area contributed by atoms with Gasteiger partial charge in [-0.3, -0.25) is 10.9 Å². The highest BCUT2D eigenvalue weighted by molar-refractivity contribution is 5.46. The minimum absolute atomic E-state index is 0.330. The number of anilines is 1. The molecular weight excluding hydrogens is 174 g/mol. The Kier molecular flexibility index (Phi) is 3.92. The quantitative estimate of drug-likeness (QED) is 0.710. The van der Waals surface area contributed by atoms with Gasteiger partial charge < -0.3 is 4.90 Å². The SMILES string of the molecule is CNN[C@H](C)c1ccc(N(C)C)cc1. The standard InChI is InChI=1S/C11H19N3/c1-9(13-12-2)10-5-7-11(8-6-10)14(3)4/h5-9,12-13H,1-4H3/t9-/m1/s1. The zero-order chi connectivity index (χ0) is 10.6. The number of rotatable bonds is 4. The van der Waals surface area contributed by atoms with Crippen LogP contribution in [0.3, 0.4) is 0 Å². The number of nitrogens with zero attached hydrogens (tertiary/aromatic N) is 1. The van der Waals surface area contributed by atoms with E-state index in [0.29, 0.717) is 6.04 Å². The van der Waals surface area contributed by atoms with Gasteiger partial charge in [-0.15, -0.1) is 0 Å². The van der Waals surface area contributed by atoms with E-state index in [4.69, 9.17) is 0 Å². The average Bonchev–Trinajstić information content (AvgIpc) is 2.18. The van der Waals surface area contributed by atoms with Gasteiger partial charge in [0.15, 0.2) is 0 Å². The van der Waals surface area contributed by atoms with Crippen LogP contribution in [0.1, 0.15) is 18.5 Å². The van der Waals surface area contributed by atoms with Gasteiger partial charge in [0.2, 0.25) is 0 Å². The Morgan fingerprint density at radius 2 is 1.71 bits per heavy atom. The molecule has 0 aliphatic rings. The lowest BCUT2D eigenvalue weighted by atomic mass is 10.1. The van der Waals surface area contributed by atoms with Crippen LogP contribution in [0.5, 0.6) is 0 Å². The fraction of sp³-hybridized carbons (Fsp3) is 0.455. The molecule has 1 atom stereocenters. The fourth-order valence-corrected chi connectivity index (χ4v) is 1.36. The average molecular weight is 193 g/mol. The van der Waals surface area contributed by atoms with E-state index in [2.05, 4.69) is 46.9 Å². The van der Waals surface area contributed by atoms with Crippen LogP contribution in [-0.2, 0) is 0 Å². The summed E-state index contributed by atoms with van der Waals surface area (Å²) in [5.74, 6) is 0. The summed E-state index contributed by atoms with van der Waals surface area (Å²) >= 11 is 0. The third-order valence-electron chi connectivity index (χ3n) is 2.27. The molecule has 1 aromatic carbocycles. The Balaban J connectivity index is 2.72. The molecule has 0 bridgehead atoms. The molecule has 0 saturated carbocycles. The van der Waals surface area contributed by atoms with E-state index in [0.717, 1.165) is 0 Å². The molecule has 0 amide bonds. The molecule has 0 aliphatic carbocycles. The van der Waals surface area contributed by atoms with Crippen LogP contribution in [0.4, 0.5) is 5.69 Å². The molecule has 1 rings (SSSR count). The van der Waals surface area contributed by atoms with Crippen LogP contribution >= 0.6 is 0 Å². The predicted octanol–water partition coefficient (Wildman–Crippen LogP) is 1.54. The van der Waals surface area contributed by atoms with Gasteiger partial charge in [0.25, 0.3) is 0 Å². The first kappa shape index (κ1) is 11.0. The van der Waals surface area contributed by atoms with Crippen molar-refractivity contribution in [3.63, 3.8) is 0 Å². The van der Waals surface area contributed by atoms with Crippen LogP contribution in [0.2, 0.25) is 0 Å². The van der Waals surface area contributed by atoms with E-state index < -0.39 is 0 Å². The third-order valence-corrected chi connectivity index (χ3v) is 2.27. The first-order chi connectivity index (χ1) is 6.65.